The first kappa shape index (κ1) is 24.5. The van der Waals surface area contributed by atoms with Crippen molar-refractivity contribution in [2.45, 2.75) is 33.8 Å². The summed E-state index contributed by atoms with van der Waals surface area (Å²) in [5.74, 6) is 0.333. The Morgan fingerprint density at radius 1 is 1.06 bits per heavy atom. The average Bonchev–Trinajstić information content (AvgIpc) is 3.29. The predicted molar refractivity (Wildman–Crippen MR) is 143 cm³/mol. The summed E-state index contributed by atoms with van der Waals surface area (Å²) in [4.78, 5) is 12.9. The van der Waals surface area contributed by atoms with Crippen LogP contribution in [0.3, 0.4) is 0 Å². The van der Waals surface area contributed by atoms with Gasteiger partial charge in [-0.1, -0.05) is 35.9 Å². The number of para-hydroxylation sites is 1. The number of rotatable bonds is 7. The number of anilines is 1. The van der Waals surface area contributed by atoms with Gasteiger partial charge in [0, 0.05) is 23.0 Å². The molecule has 0 spiro atoms. The Bertz CT molecular complexity index is 1440. The molecule has 1 N–H and O–H groups in total. The molecule has 180 valence electrons. The van der Waals surface area contributed by atoms with Crippen LogP contribution < -0.4 is 10.1 Å². The summed E-state index contributed by atoms with van der Waals surface area (Å²) in [7, 11) is 0. The number of aromatic nitrogens is 2. The second-order valence-corrected chi connectivity index (χ2v) is 8.85. The maximum absolute atomic E-state index is 12.9. The van der Waals surface area contributed by atoms with Crippen LogP contribution in [-0.4, -0.2) is 21.8 Å². The molecule has 36 heavy (non-hydrogen) atoms. The molecule has 1 heterocycles. The van der Waals surface area contributed by atoms with Crippen molar-refractivity contribution in [3.63, 3.8) is 0 Å². The van der Waals surface area contributed by atoms with Crippen molar-refractivity contribution >= 4 is 17.7 Å². The number of amides is 1. The summed E-state index contributed by atoms with van der Waals surface area (Å²) in [6.07, 6.45) is 3.48. The third kappa shape index (κ3) is 5.70. The highest BCUT2D eigenvalue weighted by atomic mass is 16.5. The first-order valence-electron chi connectivity index (χ1n) is 11.8. The number of hydrogen-bond donors (Lipinski definition) is 1. The fourth-order valence-corrected chi connectivity index (χ4v) is 3.75. The standard InChI is InChI=1S/C30H28N4O2/c1-20(2)36-28-15-12-23(16-22(28)4)29-25(19-34(33-29)27-8-6-5-7-9-27)17-24(18-31)30(35)32-26-13-10-21(3)11-14-26/h5-17,19-20H,1-4H3,(H,32,35). The van der Waals surface area contributed by atoms with Gasteiger partial charge < -0.3 is 10.1 Å². The van der Waals surface area contributed by atoms with Crippen LogP contribution in [0.25, 0.3) is 23.0 Å². The molecule has 6 nitrogen and oxygen atoms in total. The van der Waals surface area contributed by atoms with E-state index in [0.29, 0.717) is 16.9 Å². The van der Waals surface area contributed by atoms with E-state index in [1.54, 1.807) is 10.8 Å². The van der Waals surface area contributed by atoms with E-state index in [4.69, 9.17) is 9.84 Å². The number of ether oxygens (including phenoxy) is 1. The van der Waals surface area contributed by atoms with Crippen LogP contribution in [0.4, 0.5) is 5.69 Å². The summed E-state index contributed by atoms with van der Waals surface area (Å²) in [6, 6.07) is 25.1. The number of benzene rings is 3. The summed E-state index contributed by atoms with van der Waals surface area (Å²) in [5, 5.41) is 17.4. The fraction of sp³-hybridized carbons (Fsp3) is 0.167. The Labute approximate surface area is 211 Å². The largest absolute Gasteiger partial charge is 0.491 e. The molecule has 6 heteroatoms. The quantitative estimate of drug-likeness (QED) is 0.244. The molecule has 0 fully saturated rings. The highest BCUT2D eigenvalue weighted by molar-refractivity contribution is 6.10. The van der Waals surface area contributed by atoms with E-state index < -0.39 is 5.91 Å². The van der Waals surface area contributed by atoms with Gasteiger partial charge in [0.15, 0.2) is 0 Å². The van der Waals surface area contributed by atoms with Crippen LogP contribution in [0.2, 0.25) is 0 Å². The van der Waals surface area contributed by atoms with Crippen molar-refractivity contribution in [3.8, 4) is 28.8 Å². The number of hydrogen-bond acceptors (Lipinski definition) is 4. The first-order valence-corrected chi connectivity index (χ1v) is 11.8. The molecular formula is C30H28N4O2. The molecule has 3 aromatic carbocycles. The lowest BCUT2D eigenvalue weighted by Gasteiger charge is -2.13. The molecule has 4 rings (SSSR count). The molecule has 0 atom stereocenters. The maximum atomic E-state index is 12.9. The molecule has 0 bridgehead atoms. The lowest BCUT2D eigenvalue weighted by atomic mass is 10.0. The minimum absolute atomic E-state index is 0.0130. The molecule has 0 aliphatic carbocycles. The van der Waals surface area contributed by atoms with Gasteiger partial charge in [-0.05, 0) is 81.8 Å². The van der Waals surface area contributed by atoms with Gasteiger partial charge in [0.05, 0.1) is 11.8 Å². The number of nitrogens with zero attached hydrogens (tertiary/aromatic N) is 3. The SMILES string of the molecule is Cc1ccc(NC(=O)C(C#N)=Cc2cn(-c3ccccc3)nc2-c2ccc(OC(C)C)c(C)c2)cc1. The summed E-state index contributed by atoms with van der Waals surface area (Å²) in [5.41, 5.74) is 5.73. The normalized spacial score (nSPS) is 11.3. The molecule has 0 aliphatic rings. The van der Waals surface area contributed by atoms with Crippen molar-refractivity contribution in [3.05, 3.63) is 101 Å². The predicted octanol–water partition coefficient (Wildman–Crippen LogP) is 6.49. The van der Waals surface area contributed by atoms with E-state index >= 15 is 0 Å². The lowest BCUT2D eigenvalue weighted by molar-refractivity contribution is -0.112. The van der Waals surface area contributed by atoms with E-state index in [-0.39, 0.29) is 11.7 Å². The van der Waals surface area contributed by atoms with Gasteiger partial charge in [0.2, 0.25) is 0 Å². The van der Waals surface area contributed by atoms with Crippen LogP contribution in [0.5, 0.6) is 5.75 Å². The fourth-order valence-electron chi connectivity index (χ4n) is 3.75. The van der Waals surface area contributed by atoms with Crippen molar-refractivity contribution < 1.29 is 9.53 Å². The number of carbonyl (C=O) groups excluding carboxylic acids is 1. The first-order chi connectivity index (χ1) is 17.3. The monoisotopic (exact) mass is 476 g/mol. The van der Waals surface area contributed by atoms with Crippen LogP contribution in [0.1, 0.15) is 30.5 Å². The molecule has 1 amide bonds. The zero-order chi connectivity index (χ0) is 25.7. The Morgan fingerprint density at radius 3 is 2.42 bits per heavy atom. The Morgan fingerprint density at radius 2 is 1.78 bits per heavy atom. The van der Waals surface area contributed by atoms with Gasteiger partial charge in [-0.2, -0.15) is 10.4 Å². The zero-order valence-electron chi connectivity index (χ0n) is 20.8. The highest BCUT2D eigenvalue weighted by Crippen LogP contribution is 2.30. The minimum atomic E-state index is -0.475. The van der Waals surface area contributed by atoms with Crippen LogP contribution >= 0.6 is 0 Å². The maximum Gasteiger partial charge on any atom is 0.266 e. The summed E-state index contributed by atoms with van der Waals surface area (Å²) >= 11 is 0. The van der Waals surface area contributed by atoms with Crippen molar-refractivity contribution in [2.24, 2.45) is 0 Å². The molecular weight excluding hydrogens is 448 g/mol. The molecule has 4 aromatic rings. The molecule has 0 unspecified atom stereocenters. The Kier molecular flexibility index (Phi) is 7.31. The van der Waals surface area contributed by atoms with E-state index in [1.807, 2.05) is 113 Å². The van der Waals surface area contributed by atoms with Crippen LogP contribution in [0.15, 0.2) is 84.6 Å². The van der Waals surface area contributed by atoms with Crippen LogP contribution in [-0.2, 0) is 4.79 Å². The summed E-state index contributed by atoms with van der Waals surface area (Å²) in [6.45, 7) is 7.94. The van der Waals surface area contributed by atoms with E-state index in [2.05, 4.69) is 5.32 Å². The number of nitriles is 1. The van der Waals surface area contributed by atoms with Gasteiger partial charge in [0.25, 0.3) is 5.91 Å². The Balaban J connectivity index is 1.75. The smallest absolute Gasteiger partial charge is 0.266 e. The van der Waals surface area contributed by atoms with Crippen molar-refractivity contribution in [1.29, 1.82) is 5.26 Å². The van der Waals surface area contributed by atoms with Crippen LogP contribution in [0, 0.1) is 25.2 Å². The van der Waals surface area contributed by atoms with E-state index in [9.17, 15) is 10.1 Å². The lowest BCUT2D eigenvalue weighted by Crippen LogP contribution is -2.13. The molecule has 0 radical (unpaired) electrons. The molecule has 0 saturated carbocycles. The third-order valence-corrected chi connectivity index (χ3v) is 5.55. The van der Waals surface area contributed by atoms with Gasteiger partial charge in [-0.15, -0.1) is 0 Å². The Hall–Kier alpha value is -4.63. The van der Waals surface area contributed by atoms with E-state index in [1.165, 1.54) is 0 Å². The number of carbonyl (C=O) groups is 1. The minimum Gasteiger partial charge on any atom is -0.491 e. The van der Waals surface area contributed by atoms with Gasteiger partial charge in [-0.25, -0.2) is 4.68 Å². The molecule has 0 saturated heterocycles. The van der Waals surface area contributed by atoms with Crippen molar-refractivity contribution in [1.82, 2.24) is 9.78 Å². The second kappa shape index (κ2) is 10.7. The van der Waals surface area contributed by atoms with Crippen molar-refractivity contribution in [2.75, 3.05) is 5.32 Å². The highest BCUT2D eigenvalue weighted by Gasteiger charge is 2.16. The average molecular weight is 477 g/mol. The topological polar surface area (TPSA) is 79.9 Å². The number of nitrogens with one attached hydrogen (secondary N) is 1. The molecule has 0 aliphatic heterocycles. The second-order valence-electron chi connectivity index (χ2n) is 8.85. The zero-order valence-corrected chi connectivity index (χ0v) is 20.8. The van der Waals surface area contributed by atoms with Gasteiger partial charge in [-0.3, -0.25) is 4.79 Å². The third-order valence-electron chi connectivity index (χ3n) is 5.55. The van der Waals surface area contributed by atoms with E-state index in [0.717, 1.165) is 28.1 Å². The molecule has 1 aromatic heterocycles. The van der Waals surface area contributed by atoms with Gasteiger partial charge >= 0.3 is 0 Å². The van der Waals surface area contributed by atoms with Gasteiger partial charge in [0.1, 0.15) is 23.1 Å². The summed E-state index contributed by atoms with van der Waals surface area (Å²) < 4.78 is 7.64. The number of aryl methyl sites for hydroxylation is 2.